The van der Waals surface area contributed by atoms with Crippen molar-refractivity contribution in [3.8, 4) is 5.75 Å². The van der Waals surface area contributed by atoms with E-state index in [1.165, 1.54) is 37.7 Å². The van der Waals surface area contributed by atoms with Crippen LogP contribution < -0.4 is 10.1 Å². The van der Waals surface area contributed by atoms with E-state index in [0.29, 0.717) is 6.10 Å². The molecule has 1 fully saturated rings. The first-order valence-corrected chi connectivity index (χ1v) is 8.19. The lowest BCUT2D eigenvalue weighted by Gasteiger charge is -2.30. The highest BCUT2D eigenvalue weighted by molar-refractivity contribution is 5.29. The molecule has 118 valence electrons. The molecule has 3 atom stereocenters. The zero-order chi connectivity index (χ0) is 15.1. The number of likely N-dealkylation sites (N-methyl/N-ethyl adjacent to an activating group) is 1. The number of methoxy groups -OCH3 is 1. The first kappa shape index (κ1) is 16.3. The standard InChI is InChI=1S/C18H29NO2/c1-4-14-6-5-7-17(12-14)21-13-18(19-2)15-8-10-16(20-3)11-9-15/h8-11,14,17-19H,4-7,12-13H2,1-3H3. The van der Waals surface area contributed by atoms with Crippen molar-refractivity contribution in [2.75, 3.05) is 20.8 Å². The highest BCUT2D eigenvalue weighted by Gasteiger charge is 2.22. The van der Waals surface area contributed by atoms with Crippen molar-refractivity contribution >= 4 is 0 Å². The number of ether oxygens (including phenoxy) is 2. The highest BCUT2D eigenvalue weighted by Crippen LogP contribution is 2.29. The normalized spacial score (nSPS) is 23.8. The minimum atomic E-state index is 0.248. The van der Waals surface area contributed by atoms with E-state index in [2.05, 4.69) is 24.4 Å². The predicted molar refractivity (Wildman–Crippen MR) is 86.8 cm³/mol. The largest absolute Gasteiger partial charge is 0.497 e. The molecule has 3 nitrogen and oxygen atoms in total. The molecule has 0 aromatic heterocycles. The quantitative estimate of drug-likeness (QED) is 0.825. The van der Waals surface area contributed by atoms with Gasteiger partial charge in [-0.2, -0.15) is 0 Å². The molecule has 0 saturated heterocycles. The Labute approximate surface area is 129 Å². The molecule has 1 aromatic rings. The topological polar surface area (TPSA) is 30.5 Å². The van der Waals surface area contributed by atoms with Crippen molar-refractivity contribution in [1.82, 2.24) is 5.32 Å². The molecular weight excluding hydrogens is 262 g/mol. The van der Waals surface area contributed by atoms with Gasteiger partial charge in [0.2, 0.25) is 0 Å². The van der Waals surface area contributed by atoms with Crippen molar-refractivity contribution in [1.29, 1.82) is 0 Å². The van der Waals surface area contributed by atoms with Crippen LogP contribution in [-0.2, 0) is 4.74 Å². The first-order valence-electron chi connectivity index (χ1n) is 8.19. The maximum atomic E-state index is 6.19. The molecule has 0 aliphatic heterocycles. The van der Waals surface area contributed by atoms with Gasteiger partial charge in [0.25, 0.3) is 0 Å². The lowest BCUT2D eigenvalue weighted by molar-refractivity contribution is 0.00208. The van der Waals surface area contributed by atoms with Crippen molar-refractivity contribution < 1.29 is 9.47 Å². The van der Waals surface area contributed by atoms with Crippen LogP contribution in [0.2, 0.25) is 0 Å². The molecule has 1 saturated carbocycles. The van der Waals surface area contributed by atoms with Gasteiger partial charge in [0.15, 0.2) is 0 Å². The maximum Gasteiger partial charge on any atom is 0.118 e. The van der Waals surface area contributed by atoms with Gasteiger partial charge < -0.3 is 14.8 Å². The molecule has 1 aliphatic carbocycles. The second-order valence-corrected chi connectivity index (χ2v) is 6.01. The summed E-state index contributed by atoms with van der Waals surface area (Å²) >= 11 is 0. The van der Waals surface area contributed by atoms with E-state index in [1.807, 2.05) is 19.2 Å². The number of hydrogen-bond donors (Lipinski definition) is 1. The van der Waals surface area contributed by atoms with E-state index < -0.39 is 0 Å². The zero-order valence-electron chi connectivity index (χ0n) is 13.6. The Bertz CT molecular complexity index is 404. The van der Waals surface area contributed by atoms with E-state index in [4.69, 9.17) is 9.47 Å². The third-order valence-corrected chi connectivity index (χ3v) is 4.68. The first-order chi connectivity index (χ1) is 10.3. The Morgan fingerprint density at radius 3 is 2.62 bits per heavy atom. The molecule has 2 rings (SSSR count). The summed E-state index contributed by atoms with van der Waals surface area (Å²) in [7, 11) is 3.69. The lowest BCUT2D eigenvalue weighted by Crippen LogP contribution is -2.28. The van der Waals surface area contributed by atoms with Gasteiger partial charge in [0.1, 0.15) is 5.75 Å². The van der Waals surface area contributed by atoms with Crippen molar-refractivity contribution in [2.45, 2.75) is 51.2 Å². The van der Waals surface area contributed by atoms with E-state index in [9.17, 15) is 0 Å². The van der Waals surface area contributed by atoms with Crippen molar-refractivity contribution in [3.63, 3.8) is 0 Å². The summed E-state index contributed by atoms with van der Waals surface area (Å²) < 4.78 is 11.4. The molecule has 21 heavy (non-hydrogen) atoms. The number of nitrogens with one attached hydrogen (secondary N) is 1. The fourth-order valence-electron chi connectivity index (χ4n) is 3.18. The molecule has 1 aliphatic rings. The Hall–Kier alpha value is -1.06. The third-order valence-electron chi connectivity index (χ3n) is 4.68. The van der Waals surface area contributed by atoms with E-state index in [1.54, 1.807) is 7.11 Å². The van der Waals surface area contributed by atoms with Crippen LogP contribution in [0.5, 0.6) is 5.75 Å². The minimum Gasteiger partial charge on any atom is -0.497 e. The van der Waals surface area contributed by atoms with Gasteiger partial charge in [-0.05, 0) is 43.5 Å². The maximum absolute atomic E-state index is 6.19. The van der Waals surface area contributed by atoms with Gasteiger partial charge in [-0.15, -0.1) is 0 Å². The summed E-state index contributed by atoms with van der Waals surface area (Å²) in [6.45, 7) is 3.03. The van der Waals surface area contributed by atoms with Gasteiger partial charge in [-0.25, -0.2) is 0 Å². The molecule has 0 radical (unpaired) electrons. The van der Waals surface area contributed by atoms with Gasteiger partial charge in [0, 0.05) is 0 Å². The number of hydrogen-bond acceptors (Lipinski definition) is 3. The molecule has 0 heterocycles. The Balaban J connectivity index is 1.86. The lowest BCUT2D eigenvalue weighted by atomic mass is 9.85. The summed E-state index contributed by atoms with van der Waals surface area (Å²) in [6, 6.07) is 8.48. The predicted octanol–water partition coefficient (Wildman–Crippen LogP) is 3.94. The van der Waals surface area contributed by atoms with Gasteiger partial charge in [0.05, 0.1) is 25.9 Å². The highest BCUT2D eigenvalue weighted by atomic mass is 16.5. The Morgan fingerprint density at radius 2 is 2.00 bits per heavy atom. The molecule has 3 heteroatoms. The average Bonchev–Trinajstić information content (AvgIpc) is 2.56. The Kier molecular flexibility index (Phi) is 6.52. The van der Waals surface area contributed by atoms with E-state index in [-0.39, 0.29) is 6.04 Å². The second-order valence-electron chi connectivity index (χ2n) is 6.01. The zero-order valence-corrected chi connectivity index (χ0v) is 13.6. The molecule has 0 spiro atoms. The van der Waals surface area contributed by atoms with Crippen LogP contribution in [0.15, 0.2) is 24.3 Å². The van der Waals surface area contributed by atoms with Crippen molar-refractivity contribution in [3.05, 3.63) is 29.8 Å². The van der Waals surface area contributed by atoms with Gasteiger partial charge in [-0.1, -0.05) is 38.3 Å². The van der Waals surface area contributed by atoms with Crippen LogP contribution in [0.25, 0.3) is 0 Å². The summed E-state index contributed by atoms with van der Waals surface area (Å²) in [5, 5.41) is 3.35. The van der Waals surface area contributed by atoms with E-state index in [0.717, 1.165) is 18.3 Å². The van der Waals surface area contributed by atoms with Gasteiger partial charge >= 0.3 is 0 Å². The van der Waals surface area contributed by atoms with Gasteiger partial charge in [-0.3, -0.25) is 0 Å². The van der Waals surface area contributed by atoms with E-state index >= 15 is 0 Å². The molecule has 0 amide bonds. The minimum absolute atomic E-state index is 0.248. The molecule has 1 aromatic carbocycles. The Morgan fingerprint density at radius 1 is 1.24 bits per heavy atom. The van der Waals surface area contributed by atoms with Crippen LogP contribution in [0.4, 0.5) is 0 Å². The summed E-state index contributed by atoms with van der Waals surface area (Å²) in [6.07, 6.45) is 6.87. The second kappa shape index (κ2) is 8.40. The molecular formula is C18H29NO2. The number of benzene rings is 1. The summed E-state index contributed by atoms with van der Waals surface area (Å²) in [5.41, 5.74) is 1.25. The summed E-state index contributed by atoms with van der Waals surface area (Å²) in [5.74, 6) is 1.75. The monoisotopic (exact) mass is 291 g/mol. The summed E-state index contributed by atoms with van der Waals surface area (Å²) in [4.78, 5) is 0. The van der Waals surface area contributed by atoms with Crippen LogP contribution in [0.3, 0.4) is 0 Å². The fourth-order valence-corrected chi connectivity index (χ4v) is 3.18. The van der Waals surface area contributed by atoms with Crippen LogP contribution >= 0.6 is 0 Å². The smallest absolute Gasteiger partial charge is 0.118 e. The number of rotatable bonds is 7. The molecule has 1 N–H and O–H groups in total. The molecule has 0 bridgehead atoms. The SMILES string of the molecule is CCC1CCCC(OCC(NC)c2ccc(OC)cc2)C1. The fraction of sp³-hybridized carbons (Fsp3) is 0.667. The van der Waals surface area contributed by atoms with Crippen LogP contribution in [0.1, 0.15) is 50.6 Å². The molecule has 3 unspecified atom stereocenters. The van der Waals surface area contributed by atoms with Crippen molar-refractivity contribution in [2.24, 2.45) is 5.92 Å². The van der Waals surface area contributed by atoms with Crippen LogP contribution in [-0.4, -0.2) is 26.9 Å². The average molecular weight is 291 g/mol. The van der Waals surface area contributed by atoms with Crippen LogP contribution in [0, 0.1) is 5.92 Å². The third kappa shape index (κ3) is 4.72.